The maximum atomic E-state index is 11.5. The monoisotopic (exact) mass is 346 g/mol. The van der Waals surface area contributed by atoms with Crippen molar-refractivity contribution in [3.63, 3.8) is 0 Å². The van der Waals surface area contributed by atoms with E-state index in [1.54, 1.807) is 0 Å². The van der Waals surface area contributed by atoms with Crippen molar-refractivity contribution in [1.29, 1.82) is 0 Å². The molecule has 0 N–H and O–H groups in total. The lowest BCUT2D eigenvalue weighted by atomic mass is 10.1. The summed E-state index contributed by atoms with van der Waals surface area (Å²) in [5.74, 6) is -1.88. The third kappa shape index (κ3) is 13.5. The summed E-state index contributed by atoms with van der Waals surface area (Å²) < 4.78 is 19.1. The molecule has 2 unspecified atom stereocenters. The molecular formula is C16H26O8. The summed E-state index contributed by atoms with van der Waals surface area (Å²) in [6.45, 7) is 5.42. The number of ether oxygens (including phenoxy) is 4. The molecule has 0 radical (unpaired) electrons. The lowest BCUT2D eigenvalue weighted by Gasteiger charge is -2.13. The van der Waals surface area contributed by atoms with E-state index in [2.05, 4.69) is 9.47 Å². The van der Waals surface area contributed by atoms with E-state index in [0.717, 1.165) is 12.8 Å². The summed E-state index contributed by atoms with van der Waals surface area (Å²) in [7, 11) is 0. The molecule has 0 aliphatic carbocycles. The molecule has 0 saturated heterocycles. The van der Waals surface area contributed by atoms with Gasteiger partial charge >= 0.3 is 23.9 Å². The van der Waals surface area contributed by atoms with E-state index in [1.165, 1.54) is 27.7 Å². The minimum atomic E-state index is -0.885. The van der Waals surface area contributed by atoms with Gasteiger partial charge in [-0.2, -0.15) is 0 Å². The number of carbonyl (C=O) groups excluding carboxylic acids is 4. The average Bonchev–Trinajstić information content (AvgIpc) is 2.40. The zero-order valence-electron chi connectivity index (χ0n) is 14.7. The summed E-state index contributed by atoms with van der Waals surface area (Å²) in [5.41, 5.74) is 0. The van der Waals surface area contributed by atoms with Crippen molar-refractivity contribution in [2.45, 2.75) is 78.8 Å². The topological polar surface area (TPSA) is 105 Å². The zero-order valence-corrected chi connectivity index (χ0v) is 14.7. The van der Waals surface area contributed by atoms with E-state index < -0.39 is 36.5 Å². The molecule has 0 heterocycles. The van der Waals surface area contributed by atoms with Crippen LogP contribution < -0.4 is 0 Å². The minimum Gasteiger partial charge on any atom is -0.426 e. The molecule has 0 aromatic rings. The van der Waals surface area contributed by atoms with Gasteiger partial charge in [0, 0.05) is 40.5 Å². The maximum Gasteiger partial charge on any atom is 0.308 e. The van der Waals surface area contributed by atoms with E-state index in [1.807, 2.05) is 0 Å². The molecule has 0 spiro atoms. The number of esters is 4. The molecule has 0 fully saturated rings. The standard InChI is InChI=1S/C16H26O8/c1-11(17)21-13(3)23-15(19)9-7-5-6-8-10-16(20)24-14(4)22-12(2)18/h13-14H,5-10H2,1-4H3. The Morgan fingerprint density at radius 3 is 1.25 bits per heavy atom. The molecule has 8 heteroatoms. The van der Waals surface area contributed by atoms with Gasteiger partial charge in [-0.3, -0.25) is 19.2 Å². The van der Waals surface area contributed by atoms with Gasteiger partial charge in [-0.25, -0.2) is 0 Å². The van der Waals surface area contributed by atoms with Gasteiger partial charge < -0.3 is 18.9 Å². The van der Waals surface area contributed by atoms with Crippen molar-refractivity contribution in [3.05, 3.63) is 0 Å². The Hall–Kier alpha value is -2.12. The summed E-state index contributed by atoms with van der Waals surface area (Å²) in [6.07, 6.45) is 1.41. The summed E-state index contributed by atoms with van der Waals surface area (Å²) in [5, 5.41) is 0. The van der Waals surface area contributed by atoms with Crippen molar-refractivity contribution in [2.24, 2.45) is 0 Å². The molecule has 24 heavy (non-hydrogen) atoms. The number of hydrogen-bond acceptors (Lipinski definition) is 8. The first-order chi connectivity index (χ1) is 11.2. The van der Waals surface area contributed by atoms with Crippen LogP contribution in [0, 0.1) is 0 Å². The van der Waals surface area contributed by atoms with Gasteiger partial charge in [0.2, 0.25) is 12.6 Å². The van der Waals surface area contributed by atoms with Gasteiger partial charge in [-0.15, -0.1) is 0 Å². The number of rotatable bonds is 11. The second-order valence-electron chi connectivity index (χ2n) is 5.25. The van der Waals surface area contributed by atoms with Crippen molar-refractivity contribution < 1.29 is 38.1 Å². The first-order valence-electron chi connectivity index (χ1n) is 7.94. The SMILES string of the molecule is CC(=O)OC(C)OC(=O)CCCCCCC(=O)OC(C)OC(C)=O. The fourth-order valence-electron chi connectivity index (χ4n) is 1.90. The maximum absolute atomic E-state index is 11.5. The third-order valence-electron chi connectivity index (χ3n) is 2.77. The van der Waals surface area contributed by atoms with Crippen LogP contribution in [0.2, 0.25) is 0 Å². The summed E-state index contributed by atoms with van der Waals surface area (Å²) >= 11 is 0. The Labute approximate surface area is 141 Å². The first kappa shape index (κ1) is 21.9. The number of hydrogen-bond donors (Lipinski definition) is 0. The third-order valence-corrected chi connectivity index (χ3v) is 2.77. The van der Waals surface area contributed by atoms with Crippen molar-refractivity contribution in [2.75, 3.05) is 0 Å². The highest BCUT2D eigenvalue weighted by molar-refractivity contribution is 5.70. The molecule has 0 saturated carbocycles. The molecule has 0 aliphatic heterocycles. The molecule has 0 bridgehead atoms. The normalized spacial score (nSPS) is 12.7. The van der Waals surface area contributed by atoms with Crippen LogP contribution in [0.15, 0.2) is 0 Å². The number of carbonyl (C=O) groups is 4. The van der Waals surface area contributed by atoms with Gasteiger partial charge in [0.25, 0.3) is 0 Å². The zero-order chi connectivity index (χ0) is 18.5. The summed E-state index contributed by atoms with van der Waals surface area (Å²) in [4.78, 5) is 44.2. The lowest BCUT2D eigenvalue weighted by Crippen LogP contribution is -2.20. The minimum absolute atomic E-state index is 0.222. The molecule has 0 aromatic carbocycles. The Kier molecular flexibility index (Phi) is 11.2. The fraction of sp³-hybridized carbons (Fsp3) is 0.750. The lowest BCUT2D eigenvalue weighted by molar-refractivity contribution is -0.185. The Balaban J connectivity index is 3.62. The first-order valence-corrected chi connectivity index (χ1v) is 7.94. The van der Waals surface area contributed by atoms with E-state index in [4.69, 9.17) is 9.47 Å². The van der Waals surface area contributed by atoms with Crippen LogP contribution in [-0.2, 0) is 38.1 Å². The smallest absolute Gasteiger partial charge is 0.308 e. The van der Waals surface area contributed by atoms with Gasteiger partial charge in [0.1, 0.15) is 0 Å². The Morgan fingerprint density at radius 2 is 0.958 bits per heavy atom. The molecule has 0 amide bonds. The van der Waals surface area contributed by atoms with E-state index in [-0.39, 0.29) is 12.8 Å². The highest BCUT2D eigenvalue weighted by Gasteiger charge is 2.12. The van der Waals surface area contributed by atoms with Crippen LogP contribution in [0.1, 0.15) is 66.2 Å². The van der Waals surface area contributed by atoms with Gasteiger partial charge in [-0.05, 0) is 12.8 Å². The second kappa shape index (κ2) is 12.3. The van der Waals surface area contributed by atoms with E-state index >= 15 is 0 Å². The van der Waals surface area contributed by atoms with Crippen molar-refractivity contribution in [1.82, 2.24) is 0 Å². The highest BCUT2D eigenvalue weighted by Crippen LogP contribution is 2.09. The molecule has 138 valence electrons. The Bertz CT molecular complexity index is 392. The quantitative estimate of drug-likeness (QED) is 0.318. The molecule has 0 rings (SSSR count). The van der Waals surface area contributed by atoms with Crippen LogP contribution in [0.3, 0.4) is 0 Å². The number of unbranched alkanes of at least 4 members (excludes halogenated alkanes) is 3. The van der Waals surface area contributed by atoms with Gasteiger partial charge in [-0.1, -0.05) is 12.8 Å². The van der Waals surface area contributed by atoms with E-state index in [9.17, 15) is 19.2 Å². The fourth-order valence-corrected chi connectivity index (χ4v) is 1.90. The van der Waals surface area contributed by atoms with Crippen LogP contribution in [0.5, 0.6) is 0 Å². The van der Waals surface area contributed by atoms with Crippen LogP contribution in [0.4, 0.5) is 0 Å². The van der Waals surface area contributed by atoms with Crippen LogP contribution in [0.25, 0.3) is 0 Å². The van der Waals surface area contributed by atoms with Crippen molar-refractivity contribution >= 4 is 23.9 Å². The predicted molar refractivity (Wildman–Crippen MR) is 82.3 cm³/mol. The molecule has 8 nitrogen and oxygen atoms in total. The highest BCUT2D eigenvalue weighted by atomic mass is 16.7. The van der Waals surface area contributed by atoms with Gasteiger partial charge in [0.15, 0.2) is 0 Å². The van der Waals surface area contributed by atoms with Crippen LogP contribution >= 0.6 is 0 Å². The predicted octanol–water partition coefficient (Wildman–Crippen LogP) is 2.23. The second-order valence-corrected chi connectivity index (χ2v) is 5.25. The van der Waals surface area contributed by atoms with Crippen LogP contribution in [-0.4, -0.2) is 36.5 Å². The molecule has 2 atom stereocenters. The van der Waals surface area contributed by atoms with E-state index in [0.29, 0.717) is 12.8 Å². The molecule has 0 aliphatic rings. The molecule has 0 aromatic heterocycles. The van der Waals surface area contributed by atoms with Crippen molar-refractivity contribution in [3.8, 4) is 0 Å². The van der Waals surface area contributed by atoms with Gasteiger partial charge in [0.05, 0.1) is 0 Å². The molecular weight excluding hydrogens is 320 g/mol. The largest absolute Gasteiger partial charge is 0.426 e. The average molecular weight is 346 g/mol. The summed E-state index contributed by atoms with van der Waals surface area (Å²) in [6, 6.07) is 0. The Morgan fingerprint density at radius 1 is 0.625 bits per heavy atom.